The molecule has 0 radical (unpaired) electrons. The van der Waals surface area contributed by atoms with Gasteiger partial charge in [-0.2, -0.15) is 13.2 Å². The van der Waals surface area contributed by atoms with Crippen LogP contribution in [-0.2, 0) is 20.3 Å². The molecule has 28 heavy (non-hydrogen) atoms. The normalized spacial score (nSPS) is 18.9. The van der Waals surface area contributed by atoms with Crippen LogP contribution in [0.2, 0.25) is 0 Å². The third kappa shape index (κ3) is 3.72. The van der Waals surface area contributed by atoms with Crippen LogP contribution in [0.1, 0.15) is 43.9 Å². The second kappa shape index (κ2) is 7.35. The molecular weight excluding hydrogens is 373 g/mol. The first kappa shape index (κ1) is 20.6. The Hall–Kier alpha value is -2.16. The summed E-state index contributed by atoms with van der Waals surface area (Å²) in [5, 5.41) is -0.560. The molecule has 6 nitrogen and oxygen atoms in total. The Morgan fingerprint density at radius 3 is 2.50 bits per heavy atom. The molecule has 2 aromatic rings. The van der Waals surface area contributed by atoms with Gasteiger partial charge in [0.1, 0.15) is 5.65 Å². The number of likely N-dealkylation sites (tertiary alicyclic amines) is 1. The van der Waals surface area contributed by atoms with E-state index in [9.17, 15) is 22.8 Å². The van der Waals surface area contributed by atoms with Crippen LogP contribution < -0.4 is 11.2 Å². The lowest BCUT2D eigenvalue weighted by molar-refractivity contribution is -0.136. The summed E-state index contributed by atoms with van der Waals surface area (Å²) in [5.74, 6) is 0.287. The Bertz CT molecular complexity index is 1010. The van der Waals surface area contributed by atoms with Gasteiger partial charge >= 0.3 is 11.9 Å². The van der Waals surface area contributed by atoms with Crippen molar-refractivity contribution in [1.29, 1.82) is 0 Å². The van der Waals surface area contributed by atoms with Crippen LogP contribution in [0.5, 0.6) is 0 Å². The Morgan fingerprint density at radius 2 is 1.89 bits per heavy atom. The molecule has 0 aromatic carbocycles. The summed E-state index contributed by atoms with van der Waals surface area (Å²) < 4.78 is 43.1. The van der Waals surface area contributed by atoms with Gasteiger partial charge in [-0.25, -0.2) is 9.78 Å². The first-order valence-corrected chi connectivity index (χ1v) is 9.41. The maximum atomic E-state index is 13.8. The molecule has 0 aliphatic carbocycles. The van der Waals surface area contributed by atoms with Crippen molar-refractivity contribution < 1.29 is 13.2 Å². The van der Waals surface area contributed by atoms with E-state index in [1.54, 1.807) is 0 Å². The zero-order valence-electron chi connectivity index (χ0n) is 16.5. The molecule has 3 heterocycles. The maximum Gasteiger partial charge on any atom is 0.417 e. The standard InChI is InChI=1S/C19H25F3N4O2/c1-11(2)9-26-7-5-6-12(10-26)14-8-13(19(20,21)22)15-16(23-14)24(3)18(28)25(4)17(15)27/h8,11-12H,5-7,9-10H2,1-4H3. The van der Waals surface area contributed by atoms with Gasteiger partial charge in [-0.3, -0.25) is 13.9 Å². The minimum atomic E-state index is -4.72. The number of hydrogen-bond acceptors (Lipinski definition) is 4. The molecule has 3 rings (SSSR count). The van der Waals surface area contributed by atoms with Gasteiger partial charge in [-0.05, 0) is 31.4 Å². The van der Waals surface area contributed by atoms with Crippen molar-refractivity contribution in [3.05, 3.63) is 38.2 Å². The summed E-state index contributed by atoms with van der Waals surface area (Å²) in [6.07, 6.45) is -3.12. The predicted octanol–water partition coefficient (Wildman–Crippen LogP) is 2.49. The molecule has 2 aromatic heterocycles. The van der Waals surface area contributed by atoms with E-state index >= 15 is 0 Å². The smallest absolute Gasteiger partial charge is 0.302 e. The zero-order valence-corrected chi connectivity index (χ0v) is 16.5. The molecule has 9 heteroatoms. The molecule has 1 atom stereocenters. The molecule has 154 valence electrons. The van der Waals surface area contributed by atoms with Gasteiger partial charge in [0.2, 0.25) is 0 Å². The quantitative estimate of drug-likeness (QED) is 0.797. The van der Waals surface area contributed by atoms with Gasteiger partial charge < -0.3 is 4.90 Å². The number of halogens is 3. The fraction of sp³-hybridized carbons (Fsp3) is 0.632. The number of hydrogen-bond donors (Lipinski definition) is 0. The number of aryl methyl sites for hydroxylation is 1. The Kier molecular flexibility index (Phi) is 5.40. The lowest BCUT2D eigenvalue weighted by Gasteiger charge is -2.33. The number of fused-ring (bicyclic) bond motifs is 1. The second-order valence-corrected chi connectivity index (χ2v) is 7.99. The Balaban J connectivity index is 2.20. The van der Waals surface area contributed by atoms with Crippen LogP contribution in [0.3, 0.4) is 0 Å². The lowest BCUT2D eigenvalue weighted by Crippen LogP contribution is -2.39. The monoisotopic (exact) mass is 398 g/mol. The van der Waals surface area contributed by atoms with E-state index in [-0.39, 0.29) is 17.3 Å². The minimum absolute atomic E-state index is 0.169. The topological polar surface area (TPSA) is 60.1 Å². The van der Waals surface area contributed by atoms with Crippen LogP contribution in [0.15, 0.2) is 15.7 Å². The zero-order chi connectivity index (χ0) is 20.8. The van der Waals surface area contributed by atoms with Crippen LogP contribution in [-0.4, -0.2) is 38.7 Å². The number of rotatable bonds is 3. The molecule has 0 N–H and O–H groups in total. The van der Waals surface area contributed by atoms with Gasteiger partial charge in [0, 0.05) is 38.8 Å². The van der Waals surface area contributed by atoms with Crippen LogP contribution >= 0.6 is 0 Å². The molecule has 1 saturated heterocycles. The fourth-order valence-electron chi connectivity index (χ4n) is 3.99. The molecule has 1 aliphatic rings. The Morgan fingerprint density at radius 1 is 1.21 bits per heavy atom. The van der Waals surface area contributed by atoms with E-state index in [4.69, 9.17) is 0 Å². The van der Waals surface area contributed by atoms with E-state index in [1.807, 2.05) is 0 Å². The maximum absolute atomic E-state index is 13.8. The van der Waals surface area contributed by atoms with Crippen molar-refractivity contribution >= 4 is 11.0 Å². The van der Waals surface area contributed by atoms with Crippen LogP contribution in [0, 0.1) is 5.92 Å². The van der Waals surface area contributed by atoms with Gasteiger partial charge in [-0.15, -0.1) is 0 Å². The Labute approximate surface area is 160 Å². The highest BCUT2D eigenvalue weighted by Gasteiger charge is 2.37. The predicted molar refractivity (Wildman–Crippen MR) is 100 cm³/mol. The van der Waals surface area contributed by atoms with Crippen molar-refractivity contribution in [3.8, 4) is 0 Å². The highest BCUT2D eigenvalue weighted by atomic mass is 19.4. The van der Waals surface area contributed by atoms with E-state index < -0.39 is 28.4 Å². The lowest BCUT2D eigenvalue weighted by atomic mass is 9.92. The number of pyridine rings is 1. The number of aromatic nitrogens is 3. The second-order valence-electron chi connectivity index (χ2n) is 7.99. The van der Waals surface area contributed by atoms with Crippen molar-refractivity contribution in [1.82, 2.24) is 19.0 Å². The van der Waals surface area contributed by atoms with E-state index in [0.717, 1.165) is 36.6 Å². The molecule has 1 unspecified atom stereocenters. The van der Waals surface area contributed by atoms with Gasteiger partial charge in [0.15, 0.2) is 0 Å². The summed E-state index contributed by atoms with van der Waals surface area (Å²) in [4.78, 5) is 31.3. The third-order valence-electron chi connectivity index (χ3n) is 5.28. The third-order valence-corrected chi connectivity index (χ3v) is 5.28. The highest BCUT2D eigenvalue weighted by molar-refractivity contribution is 5.79. The SMILES string of the molecule is CC(C)CN1CCCC(c2cc(C(F)(F)F)c3c(=O)n(C)c(=O)n(C)c3n2)C1. The molecular formula is C19H25F3N4O2. The number of piperidine rings is 1. The minimum Gasteiger partial charge on any atom is -0.302 e. The van der Waals surface area contributed by atoms with Crippen molar-refractivity contribution in [2.45, 2.75) is 38.8 Å². The van der Waals surface area contributed by atoms with Crippen LogP contribution in [0.25, 0.3) is 11.0 Å². The largest absolute Gasteiger partial charge is 0.417 e. The summed E-state index contributed by atoms with van der Waals surface area (Å²) in [6, 6.07) is 0.998. The molecule has 1 fully saturated rings. The summed E-state index contributed by atoms with van der Waals surface area (Å²) in [6.45, 7) is 6.60. The van der Waals surface area contributed by atoms with Gasteiger partial charge in [0.05, 0.1) is 10.9 Å². The molecule has 0 spiro atoms. The fourth-order valence-corrected chi connectivity index (χ4v) is 3.99. The van der Waals surface area contributed by atoms with Crippen molar-refractivity contribution in [2.75, 3.05) is 19.6 Å². The first-order chi connectivity index (χ1) is 13.0. The van der Waals surface area contributed by atoms with Crippen molar-refractivity contribution in [3.63, 3.8) is 0 Å². The molecule has 0 saturated carbocycles. The molecule has 0 bridgehead atoms. The van der Waals surface area contributed by atoms with Gasteiger partial charge in [0.25, 0.3) is 5.56 Å². The van der Waals surface area contributed by atoms with Gasteiger partial charge in [-0.1, -0.05) is 13.8 Å². The average Bonchev–Trinajstić information content (AvgIpc) is 2.62. The average molecular weight is 398 g/mol. The van der Waals surface area contributed by atoms with Crippen molar-refractivity contribution in [2.24, 2.45) is 20.0 Å². The van der Waals surface area contributed by atoms with E-state index in [2.05, 4.69) is 23.7 Å². The number of nitrogens with zero attached hydrogens (tertiary/aromatic N) is 4. The highest BCUT2D eigenvalue weighted by Crippen LogP contribution is 2.36. The van der Waals surface area contributed by atoms with Crippen LogP contribution in [0.4, 0.5) is 13.2 Å². The summed E-state index contributed by atoms with van der Waals surface area (Å²) in [7, 11) is 2.51. The van der Waals surface area contributed by atoms with E-state index in [0.29, 0.717) is 17.0 Å². The number of alkyl halides is 3. The van der Waals surface area contributed by atoms with E-state index in [1.165, 1.54) is 14.1 Å². The molecule has 1 aliphatic heterocycles. The summed E-state index contributed by atoms with van der Waals surface area (Å²) >= 11 is 0. The summed E-state index contributed by atoms with van der Waals surface area (Å²) in [5.41, 5.74) is -2.62. The first-order valence-electron chi connectivity index (χ1n) is 9.41. The molecule has 0 amide bonds.